The second-order valence-electron chi connectivity index (χ2n) is 7.68. The third kappa shape index (κ3) is 4.73. The molecule has 2 N–H and O–H groups in total. The molecule has 0 amide bonds. The van der Waals surface area contributed by atoms with Crippen LogP contribution in [0.15, 0.2) is 71.8 Å². The Morgan fingerprint density at radius 1 is 1.06 bits per heavy atom. The fourth-order valence-electron chi connectivity index (χ4n) is 3.68. The lowest BCUT2D eigenvalue weighted by atomic mass is 10.1. The zero-order valence-electron chi connectivity index (χ0n) is 18.3. The van der Waals surface area contributed by atoms with E-state index in [0.29, 0.717) is 28.7 Å². The van der Waals surface area contributed by atoms with Gasteiger partial charge in [0.15, 0.2) is 0 Å². The van der Waals surface area contributed by atoms with E-state index >= 15 is 0 Å². The van der Waals surface area contributed by atoms with Crippen LogP contribution in [0.5, 0.6) is 5.75 Å². The van der Waals surface area contributed by atoms with Gasteiger partial charge >= 0.3 is 6.61 Å². The first-order valence-corrected chi connectivity index (χ1v) is 11.8. The van der Waals surface area contributed by atoms with E-state index in [0.717, 1.165) is 15.6 Å². The number of aromatic nitrogens is 1. The van der Waals surface area contributed by atoms with Crippen LogP contribution in [-0.2, 0) is 16.6 Å². The van der Waals surface area contributed by atoms with Gasteiger partial charge in [-0.25, -0.2) is 16.8 Å². The molecular formula is C24H22F3N3O3S. The lowest BCUT2D eigenvalue weighted by molar-refractivity contribution is -0.0499. The van der Waals surface area contributed by atoms with Crippen molar-refractivity contribution in [3.05, 3.63) is 83.8 Å². The van der Waals surface area contributed by atoms with E-state index in [4.69, 9.17) is 0 Å². The van der Waals surface area contributed by atoms with Gasteiger partial charge in [0.1, 0.15) is 11.6 Å². The van der Waals surface area contributed by atoms with Crippen LogP contribution < -0.4 is 15.4 Å². The first kappa shape index (κ1) is 23.7. The first-order valence-electron chi connectivity index (χ1n) is 10.3. The highest BCUT2D eigenvalue weighted by Crippen LogP contribution is 2.31. The predicted octanol–water partition coefficient (Wildman–Crippen LogP) is 5.39. The highest BCUT2D eigenvalue weighted by Gasteiger charge is 2.22. The van der Waals surface area contributed by atoms with E-state index in [9.17, 15) is 21.6 Å². The molecule has 0 saturated heterocycles. The number of hydrogen-bond acceptors (Lipinski definition) is 5. The Morgan fingerprint density at radius 2 is 1.85 bits per heavy atom. The fourth-order valence-corrected chi connectivity index (χ4v) is 5.09. The molecule has 0 aliphatic rings. The number of halogens is 3. The summed E-state index contributed by atoms with van der Waals surface area (Å²) < 4.78 is 72.0. The normalized spacial score (nSPS) is 11.8. The first-order chi connectivity index (χ1) is 16.2. The van der Waals surface area contributed by atoms with Gasteiger partial charge in [-0.2, -0.15) is 8.78 Å². The maximum Gasteiger partial charge on any atom is 0.387 e. The highest BCUT2D eigenvalue weighted by molar-refractivity contribution is 7.90. The number of benzene rings is 3. The molecule has 178 valence electrons. The monoisotopic (exact) mass is 489 g/mol. The summed E-state index contributed by atoms with van der Waals surface area (Å²) in [6.45, 7) is -0.905. The van der Waals surface area contributed by atoms with Crippen LogP contribution in [0.3, 0.4) is 0 Å². The molecule has 3 aromatic carbocycles. The largest absolute Gasteiger partial charge is 0.435 e. The van der Waals surface area contributed by atoms with Crippen molar-refractivity contribution in [2.24, 2.45) is 0 Å². The van der Waals surface area contributed by atoms with Crippen molar-refractivity contribution in [1.29, 1.82) is 0 Å². The van der Waals surface area contributed by atoms with Crippen LogP contribution in [0.25, 0.3) is 10.9 Å². The van der Waals surface area contributed by atoms with Crippen LogP contribution >= 0.6 is 0 Å². The average molecular weight is 490 g/mol. The number of aryl methyl sites for hydroxylation is 1. The minimum absolute atomic E-state index is 0.207. The SMILES string of the molecule is CNCc1cn(S(=O)(=O)c2cccc(OC(F)F)c2)c2cc(Nc3ccc(C)cc3F)ccc12. The van der Waals surface area contributed by atoms with Gasteiger partial charge < -0.3 is 15.4 Å². The molecule has 6 nitrogen and oxygen atoms in total. The van der Waals surface area contributed by atoms with Crippen molar-refractivity contribution < 1.29 is 26.3 Å². The van der Waals surface area contributed by atoms with Crippen molar-refractivity contribution in [2.45, 2.75) is 25.0 Å². The maximum absolute atomic E-state index is 14.3. The second-order valence-corrected chi connectivity index (χ2v) is 9.49. The highest BCUT2D eigenvalue weighted by atomic mass is 32.2. The van der Waals surface area contributed by atoms with Gasteiger partial charge in [-0.3, -0.25) is 0 Å². The number of rotatable bonds is 8. The molecule has 0 bridgehead atoms. The summed E-state index contributed by atoms with van der Waals surface area (Å²) in [4.78, 5) is -0.207. The lowest BCUT2D eigenvalue weighted by Crippen LogP contribution is -2.13. The third-order valence-corrected chi connectivity index (χ3v) is 6.88. The molecule has 1 heterocycles. The van der Waals surface area contributed by atoms with E-state index < -0.39 is 22.5 Å². The molecule has 0 radical (unpaired) electrons. The molecule has 4 rings (SSSR count). The van der Waals surface area contributed by atoms with E-state index in [2.05, 4.69) is 15.4 Å². The number of hydrogen-bond donors (Lipinski definition) is 2. The van der Waals surface area contributed by atoms with Crippen LogP contribution in [0, 0.1) is 12.7 Å². The number of alkyl halides is 2. The van der Waals surface area contributed by atoms with E-state index in [1.807, 2.05) is 0 Å². The van der Waals surface area contributed by atoms with Gasteiger partial charge in [0.05, 0.1) is 16.1 Å². The molecule has 0 fully saturated rings. The maximum atomic E-state index is 14.3. The fraction of sp³-hybridized carbons (Fsp3) is 0.167. The Kier molecular flexibility index (Phi) is 6.54. The molecule has 10 heteroatoms. The molecule has 0 aliphatic heterocycles. The van der Waals surface area contributed by atoms with Gasteiger partial charge in [0.25, 0.3) is 10.0 Å². The number of anilines is 2. The standard InChI is InChI=1S/C24H22F3N3O3S/c1-15-6-9-22(21(25)10-15)29-17-7-8-20-16(13-28-2)14-30(23(20)11-17)34(31,32)19-5-3-4-18(12-19)33-24(26)27/h3-12,14,24,28-29H,13H2,1-2H3. The molecule has 0 saturated carbocycles. The Hall–Kier alpha value is -3.50. The zero-order valence-corrected chi connectivity index (χ0v) is 19.2. The summed E-state index contributed by atoms with van der Waals surface area (Å²) in [7, 11) is -2.43. The van der Waals surface area contributed by atoms with E-state index in [-0.39, 0.29) is 16.3 Å². The topological polar surface area (TPSA) is 72.4 Å². The van der Waals surface area contributed by atoms with Crippen LogP contribution in [0.4, 0.5) is 24.5 Å². The van der Waals surface area contributed by atoms with Gasteiger partial charge in [0, 0.05) is 29.9 Å². The lowest BCUT2D eigenvalue weighted by Gasteiger charge is -2.12. The van der Waals surface area contributed by atoms with Crippen LogP contribution in [0.2, 0.25) is 0 Å². The van der Waals surface area contributed by atoms with Crippen molar-refractivity contribution in [1.82, 2.24) is 9.29 Å². The summed E-state index contributed by atoms with van der Waals surface area (Å²) in [5.41, 5.74) is 2.57. The molecule has 1 aromatic heterocycles. The number of fused-ring (bicyclic) bond motifs is 1. The van der Waals surface area contributed by atoms with Gasteiger partial charge in [-0.1, -0.05) is 18.2 Å². The van der Waals surface area contributed by atoms with Crippen molar-refractivity contribution in [3.8, 4) is 5.75 Å². The molecule has 0 aliphatic carbocycles. The number of nitrogens with zero attached hydrogens (tertiary/aromatic N) is 1. The molecule has 0 unspecified atom stereocenters. The number of ether oxygens (including phenoxy) is 1. The third-order valence-electron chi connectivity index (χ3n) is 5.21. The van der Waals surface area contributed by atoms with E-state index in [1.165, 1.54) is 30.5 Å². The summed E-state index contributed by atoms with van der Waals surface area (Å²) in [5, 5.41) is 6.66. The Labute approximate surface area is 195 Å². The van der Waals surface area contributed by atoms with Crippen LogP contribution in [0.1, 0.15) is 11.1 Å². The quantitative estimate of drug-likeness (QED) is 0.347. The minimum Gasteiger partial charge on any atom is -0.435 e. The summed E-state index contributed by atoms with van der Waals surface area (Å²) in [5.74, 6) is -0.699. The zero-order chi connectivity index (χ0) is 24.5. The van der Waals surface area contributed by atoms with Crippen molar-refractivity contribution in [2.75, 3.05) is 12.4 Å². The Bertz CT molecular complexity index is 1450. The van der Waals surface area contributed by atoms with E-state index in [1.54, 1.807) is 44.3 Å². The summed E-state index contributed by atoms with van der Waals surface area (Å²) in [6, 6.07) is 14.8. The Balaban J connectivity index is 1.82. The molecule has 4 aromatic rings. The van der Waals surface area contributed by atoms with Gasteiger partial charge in [0.2, 0.25) is 0 Å². The van der Waals surface area contributed by atoms with Gasteiger partial charge in [-0.15, -0.1) is 0 Å². The predicted molar refractivity (Wildman–Crippen MR) is 125 cm³/mol. The van der Waals surface area contributed by atoms with Gasteiger partial charge in [-0.05, 0) is 61.5 Å². The Morgan fingerprint density at radius 3 is 2.56 bits per heavy atom. The minimum atomic E-state index is -4.16. The molecule has 0 spiro atoms. The molecular weight excluding hydrogens is 467 g/mol. The average Bonchev–Trinajstić information content (AvgIpc) is 3.14. The van der Waals surface area contributed by atoms with Crippen molar-refractivity contribution in [3.63, 3.8) is 0 Å². The summed E-state index contributed by atoms with van der Waals surface area (Å²) >= 11 is 0. The molecule has 34 heavy (non-hydrogen) atoms. The smallest absolute Gasteiger partial charge is 0.387 e. The second kappa shape index (κ2) is 9.40. The summed E-state index contributed by atoms with van der Waals surface area (Å²) in [6.07, 6.45) is 1.48. The molecule has 0 atom stereocenters. The van der Waals surface area contributed by atoms with Crippen molar-refractivity contribution >= 4 is 32.3 Å². The number of nitrogens with one attached hydrogen (secondary N) is 2. The van der Waals surface area contributed by atoms with Crippen LogP contribution in [-0.4, -0.2) is 26.0 Å².